The molecule has 1 amide bonds. The summed E-state index contributed by atoms with van der Waals surface area (Å²) in [4.78, 5) is 16.6. The molecule has 1 aliphatic heterocycles. The second-order valence-corrected chi connectivity index (χ2v) is 6.49. The van der Waals surface area contributed by atoms with Gasteiger partial charge in [0.1, 0.15) is 11.9 Å². The number of carbonyl (C=O) groups is 1. The van der Waals surface area contributed by atoms with E-state index < -0.39 is 0 Å². The third-order valence-corrected chi connectivity index (χ3v) is 4.51. The number of fused-ring (bicyclic) bond motifs is 1. The van der Waals surface area contributed by atoms with Gasteiger partial charge in [-0.2, -0.15) is 0 Å². The standard InChI is InChI=1S/C20H25N3O2/c1-3-17-13-23(18-11-16(21)9-10-19(18)25-17)14-20(24)22(2)12-15-7-5-4-6-8-15/h4-11,17H,3,12-14,21H2,1-2H3. The second kappa shape index (κ2) is 7.47. The van der Waals surface area contributed by atoms with Crippen LogP contribution in [0.4, 0.5) is 11.4 Å². The molecule has 2 N–H and O–H groups in total. The van der Waals surface area contributed by atoms with E-state index in [0.29, 0.717) is 25.3 Å². The number of nitrogens with two attached hydrogens (primary N) is 1. The molecule has 2 aromatic carbocycles. The second-order valence-electron chi connectivity index (χ2n) is 6.49. The van der Waals surface area contributed by atoms with Crippen LogP contribution in [-0.2, 0) is 11.3 Å². The van der Waals surface area contributed by atoms with Crippen LogP contribution in [0.25, 0.3) is 0 Å². The van der Waals surface area contributed by atoms with Gasteiger partial charge >= 0.3 is 0 Å². The van der Waals surface area contributed by atoms with Crippen LogP contribution in [0, 0.1) is 0 Å². The van der Waals surface area contributed by atoms with Gasteiger partial charge in [0, 0.05) is 19.3 Å². The number of rotatable bonds is 5. The Morgan fingerprint density at radius 3 is 2.76 bits per heavy atom. The summed E-state index contributed by atoms with van der Waals surface area (Å²) in [6.07, 6.45) is 0.984. The Bertz CT molecular complexity index is 733. The van der Waals surface area contributed by atoms with Crippen LogP contribution in [0.5, 0.6) is 5.75 Å². The van der Waals surface area contributed by atoms with E-state index in [0.717, 1.165) is 23.4 Å². The summed E-state index contributed by atoms with van der Waals surface area (Å²) in [5.74, 6) is 0.875. The number of amides is 1. The molecule has 0 bridgehead atoms. The van der Waals surface area contributed by atoms with Crippen LogP contribution in [0.3, 0.4) is 0 Å². The number of carbonyl (C=O) groups excluding carboxylic acids is 1. The molecule has 0 fully saturated rings. The minimum Gasteiger partial charge on any atom is -0.486 e. The van der Waals surface area contributed by atoms with Crippen molar-refractivity contribution in [2.24, 2.45) is 0 Å². The fraction of sp³-hybridized carbons (Fsp3) is 0.350. The van der Waals surface area contributed by atoms with Crippen LogP contribution in [0.15, 0.2) is 48.5 Å². The molecule has 0 spiro atoms. The van der Waals surface area contributed by atoms with E-state index in [4.69, 9.17) is 10.5 Å². The summed E-state index contributed by atoms with van der Waals surface area (Å²) in [6.45, 7) is 3.71. The Balaban J connectivity index is 1.72. The molecule has 0 radical (unpaired) electrons. The molecule has 0 aromatic heterocycles. The number of ether oxygens (including phenoxy) is 1. The van der Waals surface area contributed by atoms with Crippen molar-refractivity contribution in [1.82, 2.24) is 4.90 Å². The van der Waals surface area contributed by atoms with Crippen molar-refractivity contribution in [3.05, 3.63) is 54.1 Å². The van der Waals surface area contributed by atoms with Gasteiger partial charge in [0.2, 0.25) is 5.91 Å². The lowest BCUT2D eigenvalue weighted by molar-refractivity contribution is -0.129. The SMILES string of the molecule is CCC1CN(CC(=O)N(C)Cc2ccccc2)c2cc(N)ccc2O1. The number of nitrogen functional groups attached to an aromatic ring is 1. The first-order valence-corrected chi connectivity index (χ1v) is 8.66. The van der Waals surface area contributed by atoms with E-state index >= 15 is 0 Å². The van der Waals surface area contributed by atoms with Gasteiger partial charge in [0.05, 0.1) is 18.8 Å². The smallest absolute Gasteiger partial charge is 0.242 e. The topological polar surface area (TPSA) is 58.8 Å². The van der Waals surface area contributed by atoms with Crippen molar-refractivity contribution >= 4 is 17.3 Å². The van der Waals surface area contributed by atoms with Crippen LogP contribution in [0.1, 0.15) is 18.9 Å². The Morgan fingerprint density at radius 1 is 1.28 bits per heavy atom. The van der Waals surface area contributed by atoms with Crippen LogP contribution in [0.2, 0.25) is 0 Å². The van der Waals surface area contributed by atoms with Gasteiger partial charge in [-0.3, -0.25) is 4.79 Å². The number of anilines is 2. The van der Waals surface area contributed by atoms with E-state index in [-0.39, 0.29) is 12.0 Å². The average molecular weight is 339 g/mol. The Kier molecular flexibility index (Phi) is 5.12. The third-order valence-electron chi connectivity index (χ3n) is 4.51. The van der Waals surface area contributed by atoms with E-state index in [1.807, 2.05) is 55.6 Å². The molecule has 2 aromatic rings. The van der Waals surface area contributed by atoms with Crippen LogP contribution < -0.4 is 15.4 Å². The Morgan fingerprint density at radius 2 is 2.04 bits per heavy atom. The Hall–Kier alpha value is -2.69. The predicted molar refractivity (Wildman–Crippen MR) is 101 cm³/mol. The molecule has 0 saturated carbocycles. The first kappa shape index (κ1) is 17.1. The Labute approximate surface area is 149 Å². The maximum atomic E-state index is 12.7. The molecule has 1 unspecified atom stereocenters. The predicted octanol–water partition coefficient (Wildman–Crippen LogP) is 2.90. The number of hydrogen-bond acceptors (Lipinski definition) is 4. The van der Waals surface area contributed by atoms with Crippen LogP contribution >= 0.6 is 0 Å². The molecule has 1 atom stereocenters. The molecule has 5 nitrogen and oxygen atoms in total. The summed E-state index contributed by atoms with van der Waals surface area (Å²) in [5.41, 5.74) is 8.62. The van der Waals surface area contributed by atoms with Gasteiger partial charge < -0.3 is 20.3 Å². The molecular formula is C20H25N3O2. The molecule has 25 heavy (non-hydrogen) atoms. The van der Waals surface area contributed by atoms with Crippen molar-refractivity contribution in [2.75, 3.05) is 30.8 Å². The van der Waals surface area contributed by atoms with Gasteiger partial charge in [-0.05, 0) is 30.2 Å². The quantitative estimate of drug-likeness (QED) is 0.851. The van der Waals surface area contributed by atoms with Gasteiger partial charge in [0.25, 0.3) is 0 Å². The van der Waals surface area contributed by atoms with Crippen LogP contribution in [-0.4, -0.2) is 37.0 Å². The molecule has 1 heterocycles. The first-order chi connectivity index (χ1) is 12.1. The molecule has 3 rings (SSSR count). The summed E-state index contributed by atoms with van der Waals surface area (Å²) >= 11 is 0. The molecule has 1 aliphatic rings. The normalized spacial score (nSPS) is 16.1. The van der Waals surface area contributed by atoms with E-state index in [9.17, 15) is 4.79 Å². The monoisotopic (exact) mass is 339 g/mol. The lowest BCUT2D eigenvalue weighted by Gasteiger charge is -2.36. The molecule has 5 heteroatoms. The lowest BCUT2D eigenvalue weighted by atomic mass is 10.1. The molecule has 132 valence electrons. The highest BCUT2D eigenvalue weighted by Crippen LogP contribution is 2.35. The highest BCUT2D eigenvalue weighted by molar-refractivity contribution is 5.82. The lowest BCUT2D eigenvalue weighted by Crippen LogP contribution is -2.45. The number of likely N-dealkylation sites (N-methyl/N-ethyl adjacent to an activating group) is 1. The molecule has 0 saturated heterocycles. The zero-order valence-electron chi connectivity index (χ0n) is 14.8. The highest BCUT2D eigenvalue weighted by Gasteiger charge is 2.27. The minimum atomic E-state index is 0.0778. The van der Waals surface area contributed by atoms with Gasteiger partial charge in [-0.1, -0.05) is 37.3 Å². The average Bonchev–Trinajstić information content (AvgIpc) is 2.62. The largest absolute Gasteiger partial charge is 0.486 e. The zero-order chi connectivity index (χ0) is 17.8. The summed E-state index contributed by atoms with van der Waals surface area (Å²) in [7, 11) is 1.84. The fourth-order valence-electron chi connectivity index (χ4n) is 3.03. The summed E-state index contributed by atoms with van der Waals surface area (Å²) in [5, 5.41) is 0. The van der Waals surface area contributed by atoms with Crippen molar-refractivity contribution < 1.29 is 9.53 Å². The van der Waals surface area contributed by atoms with E-state index in [2.05, 4.69) is 11.8 Å². The minimum absolute atomic E-state index is 0.0778. The van der Waals surface area contributed by atoms with E-state index in [1.54, 1.807) is 4.90 Å². The first-order valence-electron chi connectivity index (χ1n) is 8.66. The number of benzene rings is 2. The fourth-order valence-corrected chi connectivity index (χ4v) is 3.03. The van der Waals surface area contributed by atoms with E-state index in [1.165, 1.54) is 0 Å². The van der Waals surface area contributed by atoms with Crippen molar-refractivity contribution in [3.63, 3.8) is 0 Å². The summed E-state index contributed by atoms with van der Waals surface area (Å²) < 4.78 is 5.98. The number of hydrogen-bond donors (Lipinski definition) is 1. The zero-order valence-corrected chi connectivity index (χ0v) is 14.8. The maximum Gasteiger partial charge on any atom is 0.242 e. The molecular weight excluding hydrogens is 314 g/mol. The van der Waals surface area contributed by atoms with Gasteiger partial charge in [-0.15, -0.1) is 0 Å². The maximum absolute atomic E-state index is 12.7. The molecule has 0 aliphatic carbocycles. The van der Waals surface area contributed by atoms with Gasteiger partial charge in [0.15, 0.2) is 0 Å². The van der Waals surface area contributed by atoms with Crippen molar-refractivity contribution in [3.8, 4) is 5.75 Å². The third kappa shape index (κ3) is 4.05. The van der Waals surface area contributed by atoms with Crippen molar-refractivity contribution in [1.29, 1.82) is 0 Å². The highest BCUT2D eigenvalue weighted by atomic mass is 16.5. The summed E-state index contributed by atoms with van der Waals surface area (Å²) in [6, 6.07) is 15.6. The van der Waals surface area contributed by atoms with Gasteiger partial charge in [-0.25, -0.2) is 0 Å². The number of nitrogens with zero attached hydrogens (tertiary/aromatic N) is 2. The van der Waals surface area contributed by atoms with Crippen molar-refractivity contribution in [2.45, 2.75) is 26.0 Å².